The second-order valence-corrected chi connectivity index (χ2v) is 5.75. The van der Waals surface area contributed by atoms with Crippen LogP contribution in [0.2, 0.25) is 0 Å². The third kappa shape index (κ3) is 2.56. The Hall–Kier alpha value is -1.36. The summed E-state index contributed by atoms with van der Waals surface area (Å²) in [4.78, 5) is 13.4. The fraction of sp³-hybridized carbons (Fsp3) is 0.692. The Morgan fingerprint density at radius 3 is 2.83 bits per heavy atom. The van der Waals surface area contributed by atoms with Gasteiger partial charge in [-0.15, -0.1) is 0 Å². The Morgan fingerprint density at radius 2 is 2.33 bits per heavy atom. The van der Waals surface area contributed by atoms with Gasteiger partial charge in [0.1, 0.15) is 0 Å². The quantitative estimate of drug-likeness (QED) is 0.886. The van der Waals surface area contributed by atoms with Crippen LogP contribution in [0.4, 0.5) is 0 Å². The van der Waals surface area contributed by atoms with E-state index in [-0.39, 0.29) is 0 Å². The molecule has 100 valence electrons. The highest BCUT2D eigenvalue weighted by molar-refractivity contribution is 5.74. The molecule has 0 amide bonds. The first-order valence-corrected chi connectivity index (χ1v) is 6.39. The molecule has 0 spiro atoms. The predicted molar refractivity (Wildman–Crippen MR) is 68.2 cm³/mol. The molecule has 1 N–H and O–H groups in total. The maximum absolute atomic E-state index is 11.2. The second kappa shape index (κ2) is 4.72. The lowest BCUT2D eigenvalue weighted by Crippen LogP contribution is -2.31. The summed E-state index contributed by atoms with van der Waals surface area (Å²) in [5.41, 5.74) is 0.562. The van der Waals surface area contributed by atoms with Crippen LogP contribution in [0.3, 0.4) is 0 Å². The van der Waals surface area contributed by atoms with Gasteiger partial charge in [0.2, 0.25) is 0 Å². The molecule has 1 saturated heterocycles. The lowest BCUT2D eigenvalue weighted by Gasteiger charge is -2.19. The first kappa shape index (κ1) is 13.1. The zero-order valence-electron chi connectivity index (χ0n) is 11.3. The smallest absolute Gasteiger partial charge is 0.310 e. The number of nitrogens with zero attached hydrogens (tertiary/aromatic N) is 3. The molecule has 1 aromatic rings. The van der Waals surface area contributed by atoms with Crippen LogP contribution in [0.5, 0.6) is 0 Å². The molecule has 0 radical (unpaired) electrons. The standard InChI is InChI=1S/C13H21N3O2/c1-10(2)16-8-11(6-14-16)7-15-5-4-13(3,9-15)12(17)18/h6,8,10H,4-5,7,9H2,1-3H3,(H,17,18). The van der Waals surface area contributed by atoms with Crippen molar-refractivity contribution in [1.82, 2.24) is 14.7 Å². The summed E-state index contributed by atoms with van der Waals surface area (Å²) in [5, 5.41) is 13.5. The van der Waals surface area contributed by atoms with E-state index in [4.69, 9.17) is 0 Å². The number of rotatable bonds is 4. The molecule has 1 fully saturated rings. The average molecular weight is 251 g/mol. The normalized spacial score (nSPS) is 24.9. The van der Waals surface area contributed by atoms with Crippen molar-refractivity contribution in [3.8, 4) is 0 Å². The molecule has 1 aliphatic rings. The van der Waals surface area contributed by atoms with E-state index in [1.54, 1.807) is 0 Å². The minimum Gasteiger partial charge on any atom is -0.481 e. The molecule has 0 saturated carbocycles. The van der Waals surface area contributed by atoms with Gasteiger partial charge in [0.15, 0.2) is 0 Å². The highest BCUT2D eigenvalue weighted by Gasteiger charge is 2.40. The van der Waals surface area contributed by atoms with Crippen LogP contribution in [0.15, 0.2) is 12.4 Å². The maximum atomic E-state index is 11.2. The molecule has 5 heteroatoms. The van der Waals surface area contributed by atoms with Crippen molar-refractivity contribution in [1.29, 1.82) is 0 Å². The van der Waals surface area contributed by atoms with Crippen LogP contribution in [-0.2, 0) is 11.3 Å². The Morgan fingerprint density at radius 1 is 1.61 bits per heavy atom. The molecule has 5 nitrogen and oxygen atoms in total. The molecular formula is C13H21N3O2. The van der Waals surface area contributed by atoms with Crippen LogP contribution in [-0.4, -0.2) is 38.8 Å². The average Bonchev–Trinajstić information content (AvgIpc) is 2.87. The zero-order chi connectivity index (χ0) is 13.3. The van der Waals surface area contributed by atoms with Crippen molar-refractivity contribution in [2.75, 3.05) is 13.1 Å². The van der Waals surface area contributed by atoms with Crippen LogP contribution in [0, 0.1) is 5.41 Å². The summed E-state index contributed by atoms with van der Waals surface area (Å²) in [7, 11) is 0. The Labute approximate surface area is 107 Å². The van der Waals surface area contributed by atoms with E-state index >= 15 is 0 Å². The van der Waals surface area contributed by atoms with Gasteiger partial charge in [-0.2, -0.15) is 5.10 Å². The number of carboxylic acids is 1. The van der Waals surface area contributed by atoms with Gasteiger partial charge in [0.25, 0.3) is 0 Å². The first-order chi connectivity index (χ1) is 8.40. The SMILES string of the molecule is CC(C)n1cc(CN2CCC(C)(C(=O)O)C2)cn1. The number of carboxylic acid groups (broad SMARTS) is 1. The molecule has 0 bridgehead atoms. The number of hydrogen-bond donors (Lipinski definition) is 1. The van der Waals surface area contributed by atoms with Gasteiger partial charge in [0.05, 0.1) is 11.6 Å². The van der Waals surface area contributed by atoms with Crippen molar-refractivity contribution < 1.29 is 9.90 Å². The lowest BCUT2D eigenvalue weighted by atomic mass is 9.90. The molecule has 1 aromatic heterocycles. The number of aliphatic carboxylic acids is 1. The van der Waals surface area contributed by atoms with Crippen molar-refractivity contribution in [3.05, 3.63) is 18.0 Å². The third-order valence-electron chi connectivity index (χ3n) is 3.66. The molecule has 0 aromatic carbocycles. The first-order valence-electron chi connectivity index (χ1n) is 6.39. The van der Waals surface area contributed by atoms with Gasteiger partial charge < -0.3 is 5.11 Å². The van der Waals surface area contributed by atoms with Gasteiger partial charge in [-0.1, -0.05) is 0 Å². The topological polar surface area (TPSA) is 58.4 Å². The van der Waals surface area contributed by atoms with Gasteiger partial charge in [0, 0.05) is 30.9 Å². The number of hydrogen-bond acceptors (Lipinski definition) is 3. The van der Waals surface area contributed by atoms with Crippen LogP contribution >= 0.6 is 0 Å². The molecule has 2 rings (SSSR count). The molecule has 1 atom stereocenters. The molecular weight excluding hydrogens is 230 g/mol. The Balaban J connectivity index is 1.97. The largest absolute Gasteiger partial charge is 0.481 e. The van der Waals surface area contributed by atoms with Gasteiger partial charge >= 0.3 is 5.97 Å². The van der Waals surface area contributed by atoms with E-state index in [0.717, 1.165) is 25.1 Å². The van der Waals surface area contributed by atoms with E-state index in [1.165, 1.54) is 0 Å². The van der Waals surface area contributed by atoms with E-state index in [0.29, 0.717) is 12.6 Å². The van der Waals surface area contributed by atoms with Crippen molar-refractivity contribution in [3.63, 3.8) is 0 Å². The molecule has 0 aliphatic carbocycles. The summed E-state index contributed by atoms with van der Waals surface area (Å²) in [6.45, 7) is 8.26. The maximum Gasteiger partial charge on any atom is 0.310 e. The second-order valence-electron chi connectivity index (χ2n) is 5.75. The highest BCUT2D eigenvalue weighted by Crippen LogP contribution is 2.30. The third-order valence-corrected chi connectivity index (χ3v) is 3.66. The summed E-state index contributed by atoms with van der Waals surface area (Å²) in [5.74, 6) is -0.692. The van der Waals surface area contributed by atoms with Crippen molar-refractivity contribution in [2.24, 2.45) is 5.41 Å². The van der Waals surface area contributed by atoms with Gasteiger partial charge in [-0.05, 0) is 33.7 Å². The number of aromatic nitrogens is 2. The van der Waals surface area contributed by atoms with E-state index in [1.807, 2.05) is 24.0 Å². The fourth-order valence-corrected chi connectivity index (χ4v) is 2.37. The Bertz CT molecular complexity index is 441. The van der Waals surface area contributed by atoms with Crippen LogP contribution < -0.4 is 0 Å². The summed E-state index contributed by atoms with van der Waals surface area (Å²) >= 11 is 0. The van der Waals surface area contributed by atoms with Crippen LogP contribution in [0.1, 0.15) is 38.8 Å². The lowest BCUT2D eigenvalue weighted by molar-refractivity contribution is -0.147. The molecule has 1 aliphatic heterocycles. The summed E-state index contributed by atoms with van der Waals surface area (Å²) in [6.07, 6.45) is 4.64. The summed E-state index contributed by atoms with van der Waals surface area (Å²) < 4.78 is 1.93. The molecule has 2 heterocycles. The number of carbonyl (C=O) groups is 1. The monoisotopic (exact) mass is 251 g/mol. The van der Waals surface area contributed by atoms with Crippen LogP contribution in [0.25, 0.3) is 0 Å². The fourth-order valence-electron chi connectivity index (χ4n) is 2.37. The van der Waals surface area contributed by atoms with E-state index < -0.39 is 11.4 Å². The number of likely N-dealkylation sites (tertiary alicyclic amines) is 1. The Kier molecular flexibility index (Phi) is 3.43. The zero-order valence-corrected chi connectivity index (χ0v) is 11.3. The minimum absolute atomic E-state index is 0.363. The molecule has 18 heavy (non-hydrogen) atoms. The van der Waals surface area contributed by atoms with Crippen molar-refractivity contribution in [2.45, 2.75) is 39.8 Å². The predicted octanol–water partition coefficient (Wildman–Crippen LogP) is 1.76. The van der Waals surface area contributed by atoms with Gasteiger partial charge in [-0.3, -0.25) is 14.4 Å². The minimum atomic E-state index is -0.692. The highest BCUT2D eigenvalue weighted by atomic mass is 16.4. The van der Waals surface area contributed by atoms with E-state index in [2.05, 4.69) is 23.8 Å². The van der Waals surface area contributed by atoms with Gasteiger partial charge in [-0.25, -0.2) is 0 Å². The van der Waals surface area contributed by atoms with E-state index in [9.17, 15) is 9.90 Å². The van der Waals surface area contributed by atoms with Crippen molar-refractivity contribution >= 4 is 5.97 Å². The summed E-state index contributed by atoms with van der Waals surface area (Å²) in [6, 6.07) is 0.363. The molecule has 1 unspecified atom stereocenters.